The van der Waals surface area contributed by atoms with E-state index < -0.39 is 0 Å². The average Bonchev–Trinajstić information content (AvgIpc) is 2.37. The van der Waals surface area contributed by atoms with Gasteiger partial charge in [0.05, 0.1) is 18.9 Å². The molecule has 0 fully saturated rings. The molecular formula is C14H18N2O2. The summed E-state index contributed by atoms with van der Waals surface area (Å²) in [6.07, 6.45) is -0.133. The van der Waals surface area contributed by atoms with Gasteiger partial charge in [0.25, 0.3) is 0 Å². The van der Waals surface area contributed by atoms with Crippen LogP contribution in [-0.4, -0.2) is 20.1 Å². The van der Waals surface area contributed by atoms with Crippen molar-refractivity contribution < 1.29 is 9.53 Å². The predicted octanol–water partition coefficient (Wildman–Crippen LogP) is 2.70. The molecule has 1 aromatic carbocycles. The van der Waals surface area contributed by atoms with E-state index in [1.54, 1.807) is 14.2 Å². The molecule has 0 saturated carbocycles. The van der Waals surface area contributed by atoms with Crippen LogP contribution in [0.15, 0.2) is 18.2 Å². The first kappa shape index (κ1) is 14.0. The summed E-state index contributed by atoms with van der Waals surface area (Å²) in [7, 11) is 3.22. The van der Waals surface area contributed by atoms with Gasteiger partial charge in [0.15, 0.2) is 0 Å². The van der Waals surface area contributed by atoms with E-state index in [1.807, 2.05) is 24.3 Å². The highest BCUT2D eigenvalue weighted by atomic mass is 16.5. The third kappa shape index (κ3) is 3.01. The Bertz CT molecular complexity index is 475. The average molecular weight is 246 g/mol. The van der Waals surface area contributed by atoms with Gasteiger partial charge in [-0.25, -0.2) is 0 Å². The Labute approximate surface area is 108 Å². The molecule has 96 valence electrons. The summed E-state index contributed by atoms with van der Waals surface area (Å²) >= 11 is 0. The molecule has 0 spiro atoms. The van der Waals surface area contributed by atoms with Crippen molar-refractivity contribution >= 4 is 11.6 Å². The summed E-state index contributed by atoms with van der Waals surface area (Å²) in [5.41, 5.74) is 1.83. The van der Waals surface area contributed by atoms with Crippen molar-refractivity contribution in [1.29, 1.82) is 5.26 Å². The van der Waals surface area contributed by atoms with Crippen molar-refractivity contribution in [3.63, 3.8) is 0 Å². The quantitative estimate of drug-likeness (QED) is 0.820. The molecule has 0 aliphatic rings. The zero-order valence-corrected chi connectivity index (χ0v) is 11.2. The number of methoxy groups -OCH3 is 1. The molecule has 0 radical (unpaired) electrons. The number of carbonyl (C=O) groups excluding carboxylic acids is 1. The second-order valence-corrected chi connectivity index (χ2v) is 4.37. The van der Waals surface area contributed by atoms with Gasteiger partial charge in [0.1, 0.15) is 12.2 Å². The maximum atomic E-state index is 11.7. The maximum Gasteiger partial charge on any atom is 0.241 e. The van der Waals surface area contributed by atoms with Gasteiger partial charge in [-0.05, 0) is 23.6 Å². The number of nitrogens with zero attached hydrogens (tertiary/aromatic N) is 2. The lowest BCUT2D eigenvalue weighted by atomic mass is 10.0. The number of hydrogen-bond acceptors (Lipinski definition) is 3. The Morgan fingerprint density at radius 1 is 1.50 bits per heavy atom. The number of nitriles is 1. The number of benzene rings is 1. The molecule has 0 heterocycles. The first-order valence-corrected chi connectivity index (χ1v) is 5.82. The third-order valence-corrected chi connectivity index (χ3v) is 2.84. The second-order valence-electron chi connectivity index (χ2n) is 4.37. The van der Waals surface area contributed by atoms with E-state index in [4.69, 9.17) is 10.00 Å². The van der Waals surface area contributed by atoms with Crippen LogP contribution in [0.25, 0.3) is 0 Å². The fourth-order valence-electron chi connectivity index (χ4n) is 1.65. The number of carbonyl (C=O) groups is 1. The first-order chi connectivity index (χ1) is 8.51. The van der Waals surface area contributed by atoms with Gasteiger partial charge >= 0.3 is 0 Å². The molecule has 0 N–H and O–H groups in total. The minimum absolute atomic E-state index is 0.133. The van der Waals surface area contributed by atoms with Gasteiger partial charge in [0.2, 0.25) is 5.91 Å². The Hall–Kier alpha value is -2.02. The molecule has 0 aliphatic carbocycles. The van der Waals surface area contributed by atoms with E-state index in [-0.39, 0.29) is 12.3 Å². The van der Waals surface area contributed by atoms with Crippen LogP contribution in [0.4, 0.5) is 5.69 Å². The summed E-state index contributed by atoms with van der Waals surface area (Å²) in [6, 6.07) is 7.62. The molecule has 4 nitrogen and oxygen atoms in total. The van der Waals surface area contributed by atoms with Crippen LogP contribution in [-0.2, 0) is 4.79 Å². The van der Waals surface area contributed by atoms with Crippen LogP contribution >= 0.6 is 0 Å². The molecular weight excluding hydrogens is 228 g/mol. The van der Waals surface area contributed by atoms with E-state index >= 15 is 0 Å². The molecule has 0 saturated heterocycles. The molecule has 1 aromatic rings. The SMILES string of the molecule is COc1ccc(C(C)C)cc1N(C)C(=O)CC#N. The third-order valence-electron chi connectivity index (χ3n) is 2.84. The molecule has 0 aromatic heterocycles. The van der Waals surface area contributed by atoms with Gasteiger partial charge in [-0.1, -0.05) is 19.9 Å². The number of ether oxygens (including phenoxy) is 1. The van der Waals surface area contributed by atoms with Crippen LogP contribution in [0.3, 0.4) is 0 Å². The predicted molar refractivity (Wildman–Crippen MR) is 70.7 cm³/mol. The molecule has 4 heteroatoms. The first-order valence-electron chi connectivity index (χ1n) is 5.82. The minimum atomic E-state index is -0.239. The second kappa shape index (κ2) is 6.06. The van der Waals surface area contributed by atoms with Gasteiger partial charge in [-0.2, -0.15) is 5.26 Å². The molecule has 0 unspecified atom stereocenters. The number of hydrogen-bond donors (Lipinski definition) is 0. The Morgan fingerprint density at radius 2 is 2.17 bits per heavy atom. The van der Waals surface area contributed by atoms with Crippen molar-refractivity contribution in [3.05, 3.63) is 23.8 Å². The Kier molecular flexibility index (Phi) is 4.73. The van der Waals surface area contributed by atoms with Gasteiger partial charge in [-0.15, -0.1) is 0 Å². The van der Waals surface area contributed by atoms with E-state index in [2.05, 4.69) is 13.8 Å². The van der Waals surface area contributed by atoms with Crippen molar-refractivity contribution in [2.24, 2.45) is 0 Å². The summed E-state index contributed by atoms with van der Waals surface area (Å²) in [5, 5.41) is 8.57. The summed E-state index contributed by atoms with van der Waals surface area (Å²) in [5.74, 6) is 0.763. The Balaban J connectivity index is 3.15. The fraction of sp³-hybridized carbons (Fsp3) is 0.429. The zero-order chi connectivity index (χ0) is 13.7. The van der Waals surface area contributed by atoms with E-state index in [1.165, 1.54) is 4.90 Å². The van der Waals surface area contributed by atoms with Gasteiger partial charge in [-0.3, -0.25) is 4.79 Å². The molecule has 1 rings (SSSR count). The summed E-state index contributed by atoms with van der Waals surface area (Å²) < 4.78 is 5.25. The number of anilines is 1. The van der Waals surface area contributed by atoms with Gasteiger partial charge in [0, 0.05) is 7.05 Å². The van der Waals surface area contributed by atoms with Crippen LogP contribution < -0.4 is 9.64 Å². The highest BCUT2D eigenvalue weighted by Crippen LogP contribution is 2.31. The lowest BCUT2D eigenvalue weighted by Gasteiger charge is -2.20. The monoisotopic (exact) mass is 246 g/mol. The van der Waals surface area contributed by atoms with Gasteiger partial charge < -0.3 is 9.64 Å². The van der Waals surface area contributed by atoms with Crippen molar-refractivity contribution in [2.75, 3.05) is 19.1 Å². The van der Waals surface area contributed by atoms with Crippen LogP contribution in [0.2, 0.25) is 0 Å². The number of amides is 1. The number of rotatable bonds is 4. The largest absolute Gasteiger partial charge is 0.495 e. The van der Waals surface area contributed by atoms with E-state index in [0.29, 0.717) is 17.4 Å². The highest BCUT2D eigenvalue weighted by molar-refractivity contribution is 5.95. The lowest BCUT2D eigenvalue weighted by molar-refractivity contribution is -0.117. The van der Waals surface area contributed by atoms with E-state index in [9.17, 15) is 4.79 Å². The maximum absolute atomic E-state index is 11.7. The summed E-state index contributed by atoms with van der Waals surface area (Å²) in [4.78, 5) is 13.2. The van der Waals surface area contributed by atoms with Crippen LogP contribution in [0, 0.1) is 11.3 Å². The zero-order valence-electron chi connectivity index (χ0n) is 11.2. The van der Waals surface area contributed by atoms with Crippen molar-refractivity contribution in [1.82, 2.24) is 0 Å². The topological polar surface area (TPSA) is 53.3 Å². The smallest absolute Gasteiger partial charge is 0.241 e. The molecule has 0 aliphatic heterocycles. The molecule has 0 atom stereocenters. The molecule has 0 bridgehead atoms. The Morgan fingerprint density at radius 3 is 2.67 bits per heavy atom. The minimum Gasteiger partial charge on any atom is -0.495 e. The van der Waals surface area contributed by atoms with E-state index in [0.717, 1.165) is 5.56 Å². The standard InChI is InChI=1S/C14H18N2O2/c1-10(2)11-5-6-13(18-4)12(9-11)16(3)14(17)7-8-15/h5-6,9-10H,7H2,1-4H3. The molecule has 1 amide bonds. The fourth-order valence-corrected chi connectivity index (χ4v) is 1.65. The van der Waals surface area contributed by atoms with Crippen LogP contribution in [0.1, 0.15) is 31.7 Å². The van der Waals surface area contributed by atoms with Crippen LogP contribution in [0.5, 0.6) is 5.75 Å². The summed E-state index contributed by atoms with van der Waals surface area (Å²) in [6.45, 7) is 4.17. The van der Waals surface area contributed by atoms with Crippen molar-refractivity contribution in [3.8, 4) is 11.8 Å². The molecule has 18 heavy (non-hydrogen) atoms. The normalized spacial score (nSPS) is 10.0. The highest BCUT2D eigenvalue weighted by Gasteiger charge is 2.16. The van der Waals surface area contributed by atoms with Crippen molar-refractivity contribution in [2.45, 2.75) is 26.2 Å². The lowest BCUT2D eigenvalue weighted by Crippen LogP contribution is -2.26.